The van der Waals surface area contributed by atoms with Crippen molar-refractivity contribution in [2.45, 2.75) is 38.7 Å². The lowest BCUT2D eigenvalue weighted by atomic mass is 9.61. The molecule has 0 unspecified atom stereocenters. The zero-order valence-electron chi connectivity index (χ0n) is 15.0. The van der Waals surface area contributed by atoms with Crippen LogP contribution in [0.5, 0.6) is 5.75 Å². The quantitative estimate of drug-likeness (QED) is 0.509. The van der Waals surface area contributed by atoms with Crippen LogP contribution in [0.4, 0.5) is 0 Å². The number of aliphatic hydroxyl groups is 1. The molecule has 0 fully saturated rings. The average Bonchev–Trinajstić information content (AvgIpc) is 2.55. The van der Waals surface area contributed by atoms with Gasteiger partial charge in [0.05, 0.1) is 13.2 Å². The van der Waals surface area contributed by atoms with Crippen LogP contribution in [-0.2, 0) is 19.7 Å². The summed E-state index contributed by atoms with van der Waals surface area (Å²) in [4.78, 5) is 12.8. The van der Waals surface area contributed by atoms with E-state index in [4.69, 9.17) is 14.2 Å². The fourth-order valence-corrected chi connectivity index (χ4v) is 3.44. The van der Waals surface area contributed by atoms with E-state index in [0.717, 1.165) is 5.56 Å². The predicted octanol–water partition coefficient (Wildman–Crippen LogP) is 2.74. The molecular weight excluding hydrogens is 308 g/mol. The molecular formula is C19H26O5. The Hall–Kier alpha value is -1.85. The van der Waals surface area contributed by atoms with Crippen molar-refractivity contribution in [2.75, 3.05) is 21.0 Å². The normalized spacial score (nSPS) is 25.3. The SMILES string of the molecule is COCOc1c(C)cccc1[C@]1(C(=O)OC)CC=CC(C)(C)[C@H]1O. The summed E-state index contributed by atoms with van der Waals surface area (Å²) in [6, 6.07) is 5.57. The molecule has 0 amide bonds. The van der Waals surface area contributed by atoms with E-state index in [1.807, 2.05) is 51.1 Å². The molecule has 1 aliphatic rings. The molecule has 0 radical (unpaired) electrons. The number of para-hydroxylation sites is 1. The molecule has 1 aromatic carbocycles. The van der Waals surface area contributed by atoms with Crippen molar-refractivity contribution < 1.29 is 24.1 Å². The summed E-state index contributed by atoms with van der Waals surface area (Å²) in [5.41, 5.74) is -0.305. The first-order valence-corrected chi connectivity index (χ1v) is 7.97. The van der Waals surface area contributed by atoms with Crippen LogP contribution >= 0.6 is 0 Å². The van der Waals surface area contributed by atoms with Crippen LogP contribution in [0.3, 0.4) is 0 Å². The van der Waals surface area contributed by atoms with Gasteiger partial charge < -0.3 is 19.3 Å². The third kappa shape index (κ3) is 2.94. The molecule has 5 nitrogen and oxygen atoms in total. The van der Waals surface area contributed by atoms with E-state index in [2.05, 4.69) is 0 Å². The molecule has 0 heterocycles. The van der Waals surface area contributed by atoms with Gasteiger partial charge in [0.2, 0.25) is 0 Å². The van der Waals surface area contributed by atoms with Crippen LogP contribution in [0.15, 0.2) is 30.4 Å². The van der Waals surface area contributed by atoms with Crippen molar-refractivity contribution in [1.29, 1.82) is 0 Å². The number of aryl methyl sites for hydroxylation is 1. The summed E-state index contributed by atoms with van der Waals surface area (Å²) in [6.07, 6.45) is 3.25. The number of allylic oxidation sites excluding steroid dienone is 1. The maximum absolute atomic E-state index is 12.8. The number of hydrogen-bond donors (Lipinski definition) is 1. The van der Waals surface area contributed by atoms with Crippen molar-refractivity contribution in [3.05, 3.63) is 41.5 Å². The van der Waals surface area contributed by atoms with Gasteiger partial charge >= 0.3 is 5.97 Å². The highest BCUT2D eigenvalue weighted by molar-refractivity contribution is 5.86. The molecule has 2 rings (SSSR count). The molecule has 1 aromatic rings. The van der Waals surface area contributed by atoms with E-state index < -0.39 is 22.9 Å². The highest BCUT2D eigenvalue weighted by Crippen LogP contribution is 2.48. The lowest BCUT2D eigenvalue weighted by Crippen LogP contribution is -2.55. The molecule has 0 spiro atoms. The van der Waals surface area contributed by atoms with Gasteiger partial charge in [-0.3, -0.25) is 4.79 Å². The molecule has 132 valence electrons. The fraction of sp³-hybridized carbons (Fsp3) is 0.526. The molecule has 1 N–H and O–H groups in total. The number of aliphatic hydroxyl groups excluding tert-OH is 1. The number of esters is 1. The second-order valence-corrected chi connectivity index (χ2v) is 6.80. The van der Waals surface area contributed by atoms with Crippen molar-refractivity contribution in [3.63, 3.8) is 0 Å². The number of hydrogen-bond acceptors (Lipinski definition) is 5. The molecule has 0 saturated heterocycles. The minimum atomic E-state index is -1.22. The second kappa shape index (κ2) is 6.95. The lowest BCUT2D eigenvalue weighted by Gasteiger charge is -2.45. The number of carbonyl (C=O) groups is 1. The van der Waals surface area contributed by atoms with E-state index >= 15 is 0 Å². The first-order valence-electron chi connectivity index (χ1n) is 7.97. The molecule has 1 aliphatic carbocycles. The van der Waals surface area contributed by atoms with Gasteiger partial charge in [0, 0.05) is 18.1 Å². The predicted molar refractivity (Wildman–Crippen MR) is 90.9 cm³/mol. The van der Waals surface area contributed by atoms with Gasteiger partial charge in [0.1, 0.15) is 11.2 Å². The molecule has 2 atom stereocenters. The van der Waals surface area contributed by atoms with Gasteiger partial charge in [0.15, 0.2) is 6.79 Å². The Balaban J connectivity index is 2.69. The van der Waals surface area contributed by atoms with Gasteiger partial charge in [-0.25, -0.2) is 0 Å². The summed E-state index contributed by atoms with van der Waals surface area (Å²) in [7, 11) is 2.88. The molecule has 5 heteroatoms. The first-order chi connectivity index (χ1) is 11.3. The molecule has 0 saturated carbocycles. The summed E-state index contributed by atoms with van der Waals surface area (Å²) in [5, 5.41) is 11.1. The number of ether oxygens (including phenoxy) is 3. The summed E-state index contributed by atoms with van der Waals surface area (Å²) in [6.45, 7) is 5.76. The third-order valence-electron chi connectivity index (χ3n) is 4.72. The Morgan fingerprint density at radius 2 is 2.04 bits per heavy atom. The zero-order valence-corrected chi connectivity index (χ0v) is 15.0. The highest BCUT2D eigenvalue weighted by Gasteiger charge is 2.55. The smallest absolute Gasteiger partial charge is 0.319 e. The minimum absolute atomic E-state index is 0.0600. The summed E-state index contributed by atoms with van der Waals surface area (Å²) < 4.78 is 15.8. The Bertz CT molecular complexity index is 635. The minimum Gasteiger partial charge on any atom is -0.468 e. The van der Waals surface area contributed by atoms with Crippen molar-refractivity contribution in [1.82, 2.24) is 0 Å². The summed E-state index contributed by atoms with van der Waals surface area (Å²) >= 11 is 0. The Kier molecular flexibility index (Phi) is 5.35. The average molecular weight is 334 g/mol. The van der Waals surface area contributed by atoms with Gasteiger partial charge in [-0.2, -0.15) is 0 Å². The van der Waals surface area contributed by atoms with Gasteiger partial charge in [-0.15, -0.1) is 0 Å². The van der Waals surface area contributed by atoms with Crippen molar-refractivity contribution >= 4 is 5.97 Å². The van der Waals surface area contributed by atoms with Crippen LogP contribution in [0.2, 0.25) is 0 Å². The standard InChI is InChI=1S/C19H26O5/c1-13-8-6-9-14(15(13)24-12-22-4)19(17(21)23-5)11-7-10-18(2,3)16(19)20/h6-10,16,20H,11-12H2,1-5H3/t16-,19-/m1/s1. The number of carbonyl (C=O) groups excluding carboxylic acids is 1. The number of methoxy groups -OCH3 is 2. The number of rotatable bonds is 5. The van der Waals surface area contributed by atoms with Crippen LogP contribution in [0, 0.1) is 12.3 Å². The van der Waals surface area contributed by atoms with Gasteiger partial charge in [0.25, 0.3) is 0 Å². The first kappa shape index (κ1) is 18.5. The van der Waals surface area contributed by atoms with Gasteiger partial charge in [-0.05, 0) is 18.9 Å². The van der Waals surface area contributed by atoms with E-state index in [1.165, 1.54) is 14.2 Å². The van der Waals surface area contributed by atoms with Crippen LogP contribution in [0.25, 0.3) is 0 Å². The second-order valence-electron chi connectivity index (χ2n) is 6.80. The van der Waals surface area contributed by atoms with Crippen molar-refractivity contribution in [3.8, 4) is 5.75 Å². The fourth-order valence-electron chi connectivity index (χ4n) is 3.44. The third-order valence-corrected chi connectivity index (χ3v) is 4.72. The van der Waals surface area contributed by atoms with E-state index in [9.17, 15) is 9.90 Å². The largest absolute Gasteiger partial charge is 0.468 e. The van der Waals surface area contributed by atoms with E-state index in [-0.39, 0.29) is 6.79 Å². The molecule has 24 heavy (non-hydrogen) atoms. The van der Waals surface area contributed by atoms with Gasteiger partial charge in [-0.1, -0.05) is 44.2 Å². The molecule has 0 bridgehead atoms. The maximum Gasteiger partial charge on any atom is 0.319 e. The molecule has 0 aromatic heterocycles. The summed E-state index contributed by atoms with van der Waals surface area (Å²) in [5.74, 6) is 0.0789. The van der Waals surface area contributed by atoms with Crippen molar-refractivity contribution in [2.24, 2.45) is 5.41 Å². The zero-order chi connectivity index (χ0) is 18.0. The van der Waals surface area contributed by atoms with Crippen LogP contribution < -0.4 is 4.74 Å². The van der Waals surface area contributed by atoms with Crippen LogP contribution in [-0.4, -0.2) is 38.2 Å². The maximum atomic E-state index is 12.8. The topological polar surface area (TPSA) is 65.0 Å². The highest BCUT2D eigenvalue weighted by atomic mass is 16.7. The Morgan fingerprint density at radius 3 is 2.67 bits per heavy atom. The number of benzene rings is 1. The van der Waals surface area contributed by atoms with Crippen LogP contribution in [0.1, 0.15) is 31.4 Å². The molecule has 0 aliphatic heterocycles. The Labute approximate surface area is 143 Å². The van der Waals surface area contributed by atoms with E-state index in [1.54, 1.807) is 0 Å². The lowest BCUT2D eigenvalue weighted by molar-refractivity contribution is -0.156. The monoisotopic (exact) mass is 334 g/mol. The van der Waals surface area contributed by atoms with E-state index in [0.29, 0.717) is 17.7 Å². The Morgan fingerprint density at radius 1 is 1.33 bits per heavy atom.